The summed E-state index contributed by atoms with van der Waals surface area (Å²) >= 11 is 0. The summed E-state index contributed by atoms with van der Waals surface area (Å²) in [5, 5.41) is 0. The van der Waals surface area contributed by atoms with Gasteiger partial charge in [0, 0.05) is 11.3 Å². The average Bonchev–Trinajstić information content (AvgIpc) is 2.80. The minimum absolute atomic E-state index is 0.333. The highest BCUT2D eigenvalue weighted by Gasteiger charge is 2.30. The van der Waals surface area contributed by atoms with E-state index in [0.717, 1.165) is 52.4 Å². The van der Waals surface area contributed by atoms with Crippen molar-refractivity contribution in [2.45, 2.75) is 13.0 Å². The van der Waals surface area contributed by atoms with Gasteiger partial charge in [0.15, 0.2) is 6.54 Å². The second-order valence-corrected chi connectivity index (χ2v) is 8.42. The van der Waals surface area contributed by atoms with Crippen molar-refractivity contribution in [2.24, 2.45) is 0 Å². The van der Waals surface area contributed by atoms with Gasteiger partial charge in [-0.05, 0) is 19.1 Å². The minimum Gasteiger partial charge on any atom is -0.360 e. The third kappa shape index (κ3) is 4.98. The maximum absolute atomic E-state index is 12.8. The Morgan fingerprint density at radius 1 is 0.862 bits per heavy atom. The maximum Gasteiger partial charge on any atom is 0.278 e. The number of carbonyl (C=O) groups is 1. The lowest BCUT2D eigenvalue weighted by Gasteiger charge is -2.37. The van der Waals surface area contributed by atoms with Crippen molar-refractivity contribution in [1.29, 1.82) is 0 Å². The van der Waals surface area contributed by atoms with Gasteiger partial charge in [-0.2, -0.15) is 0 Å². The molecule has 0 spiro atoms. The molecule has 2 aromatic carbocycles. The first-order valence-electron chi connectivity index (χ1n) is 11.0. The molecule has 0 bridgehead atoms. The number of piperazine rings is 2. The first-order valence-corrected chi connectivity index (χ1v) is 11.0. The van der Waals surface area contributed by atoms with E-state index in [9.17, 15) is 4.79 Å². The molecule has 0 saturated carbocycles. The highest BCUT2D eigenvalue weighted by molar-refractivity contribution is 5.77. The summed E-state index contributed by atoms with van der Waals surface area (Å²) in [5.74, 6) is 0.333. The molecule has 0 unspecified atom stereocenters. The van der Waals surface area contributed by atoms with Gasteiger partial charge in [-0.15, -0.1) is 0 Å². The summed E-state index contributed by atoms with van der Waals surface area (Å²) in [6, 6.07) is 21.8. The van der Waals surface area contributed by atoms with Crippen LogP contribution >= 0.6 is 0 Å². The highest BCUT2D eigenvalue weighted by atomic mass is 16.2. The molecule has 2 fully saturated rings. The molecule has 1 atom stereocenters. The third-order valence-electron chi connectivity index (χ3n) is 6.66. The number of nitrogens with zero attached hydrogens (tertiary/aromatic N) is 2. The fraction of sp³-hybridized carbons (Fsp3) is 0.458. The van der Waals surface area contributed by atoms with Crippen LogP contribution < -0.4 is 14.7 Å². The Kier molecular flexibility index (Phi) is 6.47. The molecule has 2 aliphatic rings. The number of nitrogens with one attached hydrogen (secondary N) is 2. The summed E-state index contributed by atoms with van der Waals surface area (Å²) in [4.78, 5) is 20.4. The molecule has 154 valence electrons. The van der Waals surface area contributed by atoms with Crippen LogP contribution in [0.4, 0.5) is 5.69 Å². The zero-order valence-corrected chi connectivity index (χ0v) is 17.5. The van der Waals surface area contributed by atoms with Gasteiger partial charge >= 0.3 is 0 Å². The van der Waals surface area contributed by atoms with Crippen LogP contribution in [0.2, 0.25) is 0 Å². The topological polar surface area (TPSA) is 32.4 Å². The van der Waals surface area contributed by atoms with Crippen LogP contribution in [0.15, 0.2) is 60.7 Å². The van der Waals surface area contributed by atoms with E-state index in [0.29, 0.717) is 18.5 Å². The van der Waals surface area contributed by atoms with Gasteiger partial charge in [0.25, 0.3) is 5.91 Å². The lowest BCUT2D eigenvalue weighted by Crippen LogP contribution is -3.16. The van der Waals surface area contributed by atoms with Gasteiger partial charge in [0.2, 0.25) is 0 Å². The van der Waals surface area contributed by atoms with E-state index in [2.05, 4.69) is 77.4 Å². The summed E-state index contributed by atoms with van der Waals surface area (Å²) in [5.41, 5.74) is 2.69. The maximum atomic E-state index is 12.8. The normalized spacial score (nSPS) is 19.9. The quantitative estimate of drug-likeness (QED) is 0.741. The molecule has 2 aromatic rings. The number of carbonyl (C=O) groups excluding carboxylic acids is 1. The number of hydrogen-bond donors (Lipinski definition) is 2. The number of anilines is 1. The molecule has 2 heterocycles. The SMILES string of the molecule is C[C@@H](c1ccccc1)[NH+]1CCN(C(=O)C[NH+]2CCN(c3ccccc3)CC2)CC1. The minimum atomic E-state index is 0.333. The molecule has 0 aromatic heterocycles. The number of quaternary nitrogens is 2. The third-order valence-corrected chi connectivity index (χ3v) is 6.66. The van der Waals surface area contributed by atoms with Gasteiger partial charge in [0.05, 0.1) is 52.4 Å². The van der Waals surface area contributed by atoms with E-state index < -0.39 is 0 Å². The molecule has 2 saturated heterocycles. The van der Waals surface area contributed by atoms with Crippen LogP contribution in [0.25, 0.3) is 0 Å². The number of rotatable bonds is 5. The van der Waals surface area contributed by atoms with E-state index in [-0.39, 0.29) is 0 Å². The summed E-state index contributed by atoms with van der Waals surface area (Å²) < 4.78 is 0. The van der Waals surface area contributed by atoms with Crippen molar-refractivity contribution < 1.29 is 14.6 Å². The zero-order chi connectivity index (χ0) is 20.1. The predicted octanol–water partition coefficient (Wildman–Crippen LogP) is -0.120. The summed E-state index contributed by atoms with van der Waals surface area (Å²) in [7, 11) is 0. The number of benzene rings is 2. The smallest absolute Gasteiger partial charge is 0.278 e. The molecular weight excluding hydrogens is 360 g/mol. The van der Waals surface area contributed by atoms with Crippen LogP contribution in [-0.2, 0) is 4.79 Å². The van der Waals surface area contributed by atoms with Crippen LogP contribution in [-0.4, -0.2) is 69.7 Å². The zero-order valence-electron chi connectivity index (χ0n) is 17.5. The van der Waals surface area contributed by atoms with E-state index in [1.165, 1.54) is 16.2 Å². The van der Waals surface area contributed by atoms with E-state index in [1.807, 2.05) is 0 Å². The predicted molar refractivity (Wildman–Crippen MR) is 116 cm³/mol. The Morgan fingerprint density at radius 3 is 2.07 bits per heavy atom. The van der Waals surface area contributed by atoms with Gasteiger partial charge in [-0.25, -0.2) is 0 Å². The Hall–Kier alpha value is -2.37. The second kappa shape index (κ2) is 9.42. The lowest BCUT2D eigenvalue weighted by atomic mass is 10.1. The second-order valence-electron chi connectivity index (χ2n) is 8.42. The van der Waals surface area contributed by atoms with Gasteiger partial charge in [-0.3, -0.25) is 4.79 Å². The molecule has 2 aliphatic heterocycles. The van der Waals surface area contributed by atoms with E-state index >= 15 is 0 Å². The van der Waals surface area contributed by atoms with Crippen LogP contribution in [0, 0.1) is 0 Å². The summed E-state index contributed by atoms with van der Waals surface area (Å²) in [6.45, 7) is 10.9. The van der Waals surface area contributed by atoms with Crippen molar-refractivity contribution in [3.63, 3.8) is 0 Å². The Morgan fingerprint density at radius 2 is 1.45 bits per heavy atom. The van der Waals surface area contributed by atoms with Crippen molar-refractivity contribution in [3.8, 4) is 0 Å². The fourth-order valence-corrected chi connectivity index (χ4v) is 4.68. The van der Waals surface area contributed by atoms with Crippen molar-refractivity contribution in [1.82, 2.24) is 4.90 Å². The largest absolute Gasteiger partial charge is 0.360 e. The Labute approximate surface area is 174 Å². The molecule has 1 amide bonds. The molecule has 5 heteroatoms. The van der Waals surface area contributed by atoms with Crippen molar-refractivity contribution in [2.75, 3.05) is 63.8 Å². The molecule has 0 radical (unpaired) electrons. The number of amides is 1. The first-order chi connectivity index (χ1) is 14.2. The Balaban J connectivity index is 1.21. The lowest BCUT2D eigenvalue weighted by molar-refractivity contribution is -0.933. The van der Waals surface area contributed by atoms with Gasteiger partial charge < -0.3 is 19.6 Å². The molecule has 0 aliphatic carbocycles. The summed E-state index contributed by atoms with van der Waals surface area (Å²) in [6.07, 6.45) is 0. The van der Waals surface area contributed by atoms with Gasteiger partial charge in [-0.1, -0.05) is 48.5 Å². The highest BCUT2D eigenvalue weighted by Crippen LogP contribution is 2.12. The fourth-order valence-electron chi connectivity index (χ4n) is 4.68. The van der Waals surface area contributed by atoms with Crippen molar-refractivity contribution >= 4 is 11.6 Å². The van der Waals surface area contributed by atoms with E-state index in [1.54, 1.807) is 4.90 Å². The first kappa shape index (κ1) is 19.9. The molecule has 5 nitrogen and oxygen atoms in total. The van der Waals surface area contributed by atoms with E-state index in [4.69, 9.17) is 0 Å². The monoisotopic (exact) mass is 394 g/mol. The van der Waals surface area contributed by atoms with Crippen LogP contribution in [0.1, 0.15) is 18.5 Å². The molecular formula is C24H34N4O+2. The van der Waals surface area contributed by atoms with Crippen LogP contribution in [0.3, 0.4) is 0 Å². The average molecular weight is 395 g/mol. The van der Waals surface area contributed by atoms with Crippen molar-refractivity contribution in [3.05, 3.63) is 66.2 Å². The van der Waals surface area contributed by atoms with Crippen LogP contribution in [0.5, 0.6) is 0 Å². The number of para-hydroxylation sites is 1. The Bertz CT molecular complexity index is 766. The van der Waals surface area contributed by atoms with Gasteiger partial charge in [0.1, 0.15) is 6.04 Å². The molecule has 29 heavy (non-hydrogen) atoms. The standard InChI is InChI=1S/C24H32N4O/c1-21(22-8-4-2-5-9-22)26-16-18-28(19-17-26)24(29)20-25-12-14-27(15-13-25)23-10-6-3-7-11-23/h2-11,21H,12-20H2,1H3/p+2/t21-/m0/s1. The number of hydrogen-bond acceptors (Lipinski definition) is 2. The molecule has 2 N–H and O–H groups in total. The molecule has 4 rings (SSSR count).